The minimum atomic E-state index is 0.545. The van der Waals surface area contributed by atoms with E-state index in [1.54, 1.807) is 6.08 Å². The highest BCUT2D eigenvalue weighted by Crippen LogP contribution is 2.24. The van der Waals surface area contributed by atoms with Crippen LogP contribution in [0.4, 0.5) is 17.5 Å². The zero-order valence-corrected chi connectivity index (χ0v) is 14.1. The van der Waals surface area contributed by atoms with Gasteiger partial charge in [0.1, 0.15) is 17.3 Å². The van der Waals surface area contributed by atoms with Crippen LogP contribution >= 0.6 is 0 Å². The lowest BCUT2D eigenvalue weighted by Gasteiger charge is -2.10. The molecule has 3 aromatic rings. The third-order valence-electron chi connectivity index (χ3n) is 3.37. The maximum absolute atomic E-state index is 5.79. The molecule has 0 atom stereocenters. The molecule has 5 nitrogen and oxygen atoms in total. The number of aromatic nitrogens is 2. The van der Waals surface area contributed by atoms with Crippen LogP contribution in [0.3, 0.4) is 0 Å². The molecule has 0 saturated heterocycles. The van der Waals surface area contributed by atoms with Gasteiger partial charge in [-0.05, 0) is 43.3 Å². The molecule has 0 aliphatic heterocycles. The van der Waals surface area contributed by atoms with Crippen molar-refractivity contribution in [1.82, 2.24) is 9.97 Å². The molecule has 0 radical (unpaired) electrons. The van der Waals surface area contributed by atoms with Crippen molar-refractivity contribution in [1.29, 1.82) is 0 Å². The van der Waals surface area contributed by atoms with Gasteiger partial charge in [-0.1, -0.05) is 24.3 Å². The maximum Gasteiger partial charge on any atom is 0.229 e. The molecule has 1 heterocycles. The zero-order valence-electron chi connectivity index (χ0n) is 14.1. The first-order chi connectivity index (χ1) is 12.2. The lowest BCUT2D eigenvalue weighted by Crippen LogP contribution is -2.05. The highest BCUT2D eigenvalue weighted by Gasteiger charge is 2.03. The Labute approximate surface area is 147 Å². The van der Waals surface area contributed by atoms with Crippen molar-refractivity contribution in [3.8, 4) is 11.5 Å². The van der Waals surface area contributed by atoms with E-state index in [0.29, 0.717) is 12.5 Å². The molecular weight excluding hydrogens is 312 g/mol. The average molecular weight is 332 g/mol. The van der Waals surface area contributed by atoms with E-state index in [1.165, 1.54) is 0 Å². The van der Waals surface area contributed by atoms with E-state index in [2.05, 4.69) is 27.2 Å². The van der Waals surface area contributed by atoms with Gasteiger partial charge < -0.3 is 15.4 Å². The Balaban J connectivity index is 1.69. The van der Waals surface area contributed by atoms with Crippen LogP contribution in [0.25, 0.3) is 0 Å². The van der Waals surface area contributed by atoms with Crippen LogP contribution in [-0.4, -0.2) is 16.5 Å². The van der Waals surface area contributed by atoms with Gasteiger partial charge in [-0.15, -0.1) is 6.58 Å². The summed E-state index contributed by atoms with van der Waals surface area (Å²) in [6.45, 7) is 6.28. The van der Waals surface area contributed by atoms with Gasteiger partial charge in [0, 0.05) is 24.0 Å². The summed E-state index contributed by atoms with van der Waals surface area (Å²) in [6.07, 6.45) is 1.79. The number of anilines is 3. The molecule has 0 amide bonds. The number of ether oxygens (including phenoxy) is 1. The van der Waals surface area contributed by atoms with E-state index in [0.717, 1.165) is 28.7 Å². The minimum Gasteiger partial charge on any atom is -0.457 e. The lowest BCUT2D eigenvalue weighted by atomic mass is 10.3. The van der Waals surface area contributed by atoms with Crippen molar-refractivity contribution in [3.05, 3.63) is 79.0 Å². The summed E-state index contributed by atoms with van der Waals surface area (Å²) >= 11 is 0. The molecule has 2 N–H and O–H groups in total. The van der Waals surface area contributed by atoms with E-state index in [1.807, 2.05) is 67.6 Å². The van der Waals surface area contributed by atoms with Gasteiger partial charge in [-0.25, -0.2) is 4.98 Å². The monoisotopic (exact) mass is 332 g/mol. The molecule has 0 saturated carbocycles. The predicted octanol–water partition coefficient (Wildman–Crippen LogP) is 4.92. The summed E-state index contributed by atoms with van der Waals surface area (Å²) in [5, 5.41) is 6.38. The minimum absolute atomic E-state index is 0.545. The molecule has 0 bridgehead atoms. The second kappa shape index (κ2) is 7.97. The third kappa shape index (κ3) is 4.81. The Kier molecular flexibility index (Phi) is 5.26. The van der Waals surface area contributed by atoms with Crippen molar-refractivity contribution < 1.29 is 4.74 Å². The number of aryl methyl sites for hydroxylation is 1. The Morgan fingerprint density at radius 1 is 1.00 bits per heavy atom. The Morgan fingerprint density at radius 2 is 1.72 bits per heavy atom. The topological polar surface area (TPSA) is 59.1 Å². The van der Waals surface area contributed by atoms with Gasteiger partial charge in [-0.2, -0.15) is 4.98 Å². The predicted molar refractivity (Wildman–Crippen MR) is 102 cm³/mol. The van der Waals surface area contributed by atoms with E-state index >= 15 is 0 Å². The molecule has 0 aliphatic rings. The standard InChI is InChI=1S/C20H20N4O/c1-3-13-21-19-14-15(2)22-20(24-19)23-16-9-11-18(12-10-16)25-17-7-5-4-6-8-17/h3-12,14H,1,13H2,2H3,(H2,21,22,23,24). The molecule has 3 rings (SSSR count). The smallest absolute Gasteiger partial charge is 0.229 e. The molecule has 2 aromatic carbocycles. The average Bonchev–Trinajstić information content (AvgIpc) is 2.62. The van der Waals surface area contributed by atoms with Gasteiger partial charge in [0.05, 0.1) is 0 Å². The lowest BCUT2D eigenvalue weighted by molar-refractivity contribution is 0.483. The first-order valence-corrected chi connectivity index (χ1v) is 8.03. The summed E-state index contributed by atoms with van der Waals surface area (Å²) in [4.78, 5) is 8.85. The zero-order chi connectivity index (χ0) is 17.5. The number of nitrogens with zero attached hydrogens (tertiary/aromatic N) is 2. The van der Waals surface area contributed by atoms with Gasteiger partial charge in [0.2, 0.25) is 5.95 Å². The fraction of sp³-hybridized carbons (Fsp3) is 0.100. The van der Waals surface area contributed by atoms with Crippen LogP contribution in [0.15, 0.2) is 73.3 Å². The molecule has 0 aliphatic carbocycles. The first kappa shape index (κ1) is 16.5. The van der Waals surface area contributed by atoms with Crippen molar-refractivity contribution >= 4 is 17.5 Å². The fourth-order valence-electron chi connectivity index (χ4n) is 2.25. The highest BCUT2D eigenvalue weighted by atomic mass is 16.5. The number of hydrogen-bond acceptors (Lipinski definition) is 5. The maximum atomic E-state index is 5.79. The molecule has 0 unspecified atom stereocenters. The molecule has 1 aromatic heterocycles. The van der Waals surface area contributed by atoms with Crippen molar-refractivity contribution in [2.75, 3.05) is 17.2 Å². The first-order valence-electron chi connectivity index (χ1n) is 8.03. The summed E-state index contributed by atoms with van der Waals surface area (Å²) in [6, 6.07) is 19.3. The van der Waals surface area contributed by atoms with E-state index in [-0.39, 0.29) is 0 Å². The van der Waals surface area contributed by atoms with Crippen LogP contribution in [0.5, 0.6) is 11.5 Å². The van der Waals surface area contributed by atoms with Crippen LogP contribution < -0.4 is 15.4 Å². The van der Waals surface area contributed by atoms with E-state index in [4.69, 9.17) is 4.74 Å². The number of para-hydroxylation sites is 1. The molecular formula is C20H20N4O. The van der Waals surface area contributed by atoms with Crippen molar-refractivity contribution in [3.63, 3.8) is 0 Å². The van der Waals surface area contributed by atoms with Crippen LogP contribution in [0.1, 0.15) is 5.69 Å². The molecule has 0 fully saturated rings. The van der Waals surface area contributed by atoms with Crippen molar-refractivity contribution in [2.45, 2.75) is 6.92 Å². The quantitative estimate of drug-likeness (QED) is 0.601. The largest absolute Gasteiger partial charge is 0.457 e. The summed E-state index contributed by atoms with van der Waals surface area (Å²) in [5.41, 5.74) is 1.77. The normalized spacial score (nSPS) is 10.1. The summed E-state index contributed by atoms with van der Waals surface area (Å²) < 4.78 is 5.79. The van der Waals surface area contributed by atoms with Gasteiger partial charge in [0.25, 0.3) is 0 Å². The number of rotatable bonds is 7. The molecule has 126 valence electrons. The molecule has 0 spiro atoms. The fourth-order valence-corrected chi connectivity index (χ4v) is 2.25. The van der Waals surface area contributed by atoms with E-state index in [9.17, 15) is 0 Å². The number of benzene rings is 2. The summed E-state index contributed by atoms with van der Waals surface area (Å²) in [7, 11) is 0. The highest BCUT2D eigenvalue weighted by molar-refractivity contribution is 5.56. The van der Waals surface area contributed by atoms with Gasteiger partial charge in [-0.3, -0.25) is 0 Å². The second-order valence-corrected chi connectivity index (χ2v) is 5.45. The number of hydrogen-bond donors (Lipinski definition) is 2. The molecule has 5 heteroatoms. The third-order valence-corrected chi connectivity index (χ3v) is 3.37. The number of nitrogens with one attached hydrogen (secondary N) is 2. The Bertz CT molecular complexity index is 832. The second-order valence-electron chi connectivity index (χ2n) is 5.45. The van der Waals surface area contributed by atoms with Crippen molar-refractivity contribution in [2.24, 2.45) is 0 Å². The van der Waals surface area contributed by atoms with Crippen LogP contribution in [-0.2, 0) is 0 Å². The van der Waals surface area contributed by atoms with E-state index < -0.39 is 0 Å². The van der Waals surface area contributed by atoms with Crippen LogP contribution in [0, 0.1) is 6.92 Å². The van der Waals surface area contributed by atoms with Gasteiger partial charge in [0.15, 0.2) is 0 Å². The molecule has 25 heavy (non-hydrogen) atoms. The summed E-state index contributed by atoms with van der Waals surface area (Å²) in [5.74, 6) is 2.89. The Hall–Kier alpha value is -3.34. The van der Waals surface area contributed by atoms with Gasteiger partial charge >= 0.3 is 0 Å². The SMILES string of the molecule is C=CCNc1cc(C)nc(Nc2ccc(Oc3ccccc3)cc2)n1. The van der Waals surface area contributed by atoms with Crippen LogP contribution in [0.2, 0.25) is 0 Å². The Morgan fingerprint density at radius 3 is 2.44 bits per heavy atom.